The summed E-state index contributed by atoms with van der Waals surface area (Å²) in [6.45, 7) is 8.01. The highest BCUT2D eigenvalue weighted by molar-refractivity contribution is 5.75. The quantitative estimate of drug-likeness (QED) is 0.858. The van der Waals surface area contributed by atoms with Gasteiger partial charge in [0, 0.05) is 11.9 Å². The summed E-state index contributed by atoms with van der Waals surface area (Å²) in [7, 11) is 0. The molecule has 1 aromatic heterocycles. The second kappa shape index (κ2) is 6.77. The number of nitrogens with zero attached hydrogens (tertiary/aromatic N) is 1. The number of hydrogen-bond donors (Lipinski definition) is 1. The van der Waals surface area contributed by atoms with Gasteiger partial charge in [-0.2, -0.15) is 0 Å². The molecule has 0 aliphatic heterocycles. The predicted molar refractivity (Wildman–Crippen MR) is 86.4 cm³/mol. The maximum atomic E-state index is 11.9. The number of aromatic amines is 1. The lowest BCUT2D eigenvalue weighted by molar-refractivity contribution is -0.154. The summed E-state index contributed by atoms with van der Waals surface area (Å²) in [6.07, 6.45) is 5.41. The maximum Gasteiger partial charge on any atom is 0.311 e. The van der Waals surface area contributed by atoms with E-state index in [9.17, 15) is 4.79 Å². The van der Waals surface area contributed by atoms with E-state index in [1.165, 1.54) is 11.1 Å². The summed E-state index contributed by atoms with van der Waals surface area (Å²) in [6, 6.07) is 6.17. The standard InChI is InChI=1S/C18H24N2O2/c1-13-14(8-9-16-10-19-12-20-16)6-5-7-15(13)11-22-17(21)18(2,3)4/h5-7,10,12H,8-9,11H2,1-4H3,(H,19,20). The van der Waals surface area contributed by atoms with Crippen LogP contribution in [-0.2, 0) is 29.0 Å². The lowest BCUT2D eigenvalue weighted by atomic mass is 9.97. The van der Waals surface area contributed by atoms with Crippen LogP contribution in [0.2, 0.25) is 0 Å². The number of ether oxygens (including phenoxy) is 1. The van der Waals surface area contributed by atoms with Gasteiger partial charge in [0.2, 0.25) is 0 Å². The fourth-order valence-electron chi connectivity index (χ4n) is 2.21. The molecule has 4 nitrogen and oxygen atoms in total. The van der Waals surface area contributed by atoms with E-state index < -0.39 is 5.41 Å². The largest absolute Gasteiger partial charge is 0.460 e. The minimum atomic E-state index is -0.466. The molecule has 0 unspecified atom stereocenters. The molecular formula is C18H24N2O2. The third-order valence-electron chi connectivity index (χ3n) is 3.75. The predicted octanol–water partition coefficient (Wildman–Crippen LogP) is 3.59. The van der Waals surface area contributed by atoms with E-state index in [4.69, 9.17) is 4.74 Å². The summed E-state index contributed by atoms with van der Waals surface area (Å²) in [5, 5.41) is 0. The molecule has 2 rings (SSSR count). The van der Waals surface area contributed by atoms with Crippen LogP contribution in [0.5, 0.6) is 0 Å². The van der Waals surface area contributed by atoms with Gasteiger partial charge in [-0.05, 0) is 57.2 Å². The van der Waals surface area contributed by atoms with E-state index in [1.807, 2.05) is 39.1 Å². The van der Waals surface area contributed by atoms with Crippen molar-refractivity contribution in [2.75, 3.05) is 0 Å². The van der Waals surface area contributed by atoms with Crippen LogP contribution in [0.3, 0.4) is 0 Å². The zero-order valence-corrected chi connectivity index (χ0v) is 13.8. The van der Waals surface area contributed by atoms with Crippen LogP contribution in [0.25, 0.3) is 0 Å². The van der Waals surface area contributed by atoms with Gasteiger partial charge >= 0.3 is 5.97 Å². The van der Waals surface area contributed by atoms with Crippen molar-refractivity contribution in [1.82, 2.24) is 9.97 Å². The van der Waals surface area contributed by atoms with Crippen LogP contribution >= 0.6 is 0 Å². The minimum Gasteiger partial charge on any atom is -0.460 e. The number of hydrogen-bond acceptors (Lipinski definition) is 3. The molecular weight excluding hydrogens is 276 g/mol. The van der Waals surface area contributed by atoms with E-state index in [1.54, 1.807) is 6.33 Å². The first-order valence-electron chi connectivity index (χ1n) is 7.60. The van der Waals surface area contributed by atoms with E-state index >= 15 is 0 Å². The van der Waals surface area contributed by atoms with Crippen molar-refractivity contribution in [1.29, 1.82) is 0 Å². The molecule has 0 saturated heterocycles. The second-order valence-corrected chi connectivity index (χ2v) is 6.60. The first kappa shape index (κ1) is 16.3. The minimum absolute atomic E-state index is 0.172. The Morgan fingerprint density at radius 2 is 1.95 bits per heavy atom. The van der Waals surface area contributed by atoms with Crippen LogP contribution in [0.15, 0.2) is 30.7 Å². The molecule has 118 valence electrons. The molecule has 1 aromatic carbocycles. The number of rotatable bonds is 5. The Labute approximate surface area is 131 Å². The van der Waals surface area contributed by atoms with Gasteiger partial charge in [-0.15, -0.1) is 0 Å². The highest BCUT2D eigenvalue weighted by atomic mass is 16.5. The molecule has 2 aromatic rings. The third-order valence-corrected chi connectivity index (χ3v) is 3.75. The topological polar surface area (TPSA) is 55.0 Å². The van der Waals surface area contributed by atoms with Crippen LogP contribution in [0, 0.1) is 12.3 Å². The molecule has 1 N–H and O–H groups in total. The Hall–Kier alpha value is -2.10. The van der Waals surface area contributed by atoms with Crippen molar-refractivity contribution >= 4 is 5.97 Å². The van der Waals surface area contributed by atoms with Gasteiger partial charge in [0.15, 0.2) is 0 Å². The molecule has 0 spiro atoms. The van der Waals surface area contributed by atoms with Crippen molar-refractivity contribution in [2.24, 2.45) is 5.41 Å². The Bertz CT molecular complexity index is 625. The van der Waals surface area contributed by atoms with Gasteiger partial charge < -0.3 is 9.72 Å². The first-order valence-corrected chi connectivity index (χ1v) is 7.60. The maximum absolute atomic E-state index is 11.9. The number of H-pyrrole nitrogens is 1. The Morgan fingerprint density at radius 1 is 1.23 bits per heavy atom. The summed E-state index contributed by atoms with van der Waals surface area (Å²) in [5.41, 5.74) is 4.21. The van der Waals surface area contributed by atoms with Gasteiger partial charge in [0.25, 0.3) is 0 Å². The van der Waals surface area contributed by atoms with E-state index in [0.29, 0.717) is 6.61 Å². The van der Waals surface area contributed by atoms with Gasteiger partial charge in [-0.1, -0.05) is 18.2 Å². The van der Waals surface area contributed by atoms with Crippen LogP contribution in [-0.4, -0.2) is 15.9 Å². The van der Waals surface area contributed by atoms with Gasteiger partial charge in [-0.25, -0.2) is 4.98 Å². The summed E-state index contributed by atoms with van der Waals surface area (Å²) < 4.78 is 5.42. The number of carbonyl (C=O) groups is 1. The van der Waals surface area contributed by atoms with Gasteiger partial charge in [0.05, 0.1) is 11.7 Å². The molecule has 0 fully saturated rings. The molecule has 0 radical (unpaired) electrons. The van der Waals surface area contributed by atoms with E-state index in [0.717, 1.165) is 24.1 Å². The van der Waals surface area contributed by atoms with E-state index in [2.05, 4.69) is 23.0 Å². The summed E-state index contributed by atoms with van der Waals surface area (Å²) >= 11 is 0. The average Bonchev–Trinajstić information content (AvgIpc) is 2.97. The molecule has 0 amide bonds. The zero-order valence-electron chi connectivity index (χ0n) is 13.8. The number of nitrogens with one attached hydrogen (secondary N) is 1. The summed E-state index contributed by atoms with van der Waals surface area (Å²) in [4.78, 5) is 19.0. The van der Waals surface area contributed by atoms with Crippen LogP contribution < -0.4 is 0 Å². The Balaban J connectivity index is 2.01. The van der Waals surface area contributed by atoms with Crippen molar-refractivity contribution in [3.8, 4) is 0 Å². The van der Waals surface area contributed by atoms with Crippen molar-refractivity contribution in [3.05, 3.63) is 53.1 Å². The fraction of sp³-hybridized carbons (Fsp3) is 0.444. The lowest BCUT2D eigenvalue weighted by Gasteiger charge is -2.18. The number of benzene rings is 1. The smallest absolute Gasteiger partial charge is 0.311 e. The van der Waals surface area contributed by atoms with E-state index in [-0.39, 0.29) is 5.97 Å². The van der Waals surface area contributed by atoms with Crippen molar-refractivity contribution in [3.63, 3.8) is 0 Å². The van der Waals surface area contributed by atoms with Crippen LogP contribution in [0.1, 0.15) is 43.2 Å². The Kier molecular flexibility index (Phi) is 5.01. The average molecular weight is 300 g/mol. The SMILES string of the molecule is Cc1c(CCc2cnc[nH]2)cccc1COC(=O)C(C)(C)C. The molecule has 0 atom stereocenters. The molecule has 1 heterocycles. The zero-order chi connectivity index (χ0) is 16.2. The number of imidazole rings is 1. The molecule has 0 saturated carbocycles. The van der Waals surface area contributed by atoms with Gasteiger partial charge in [0.1, 0.15) is 6.61 Å². The molecule has 0 bridgehead atoms. The summed E-state index contributed by atoms with van der Waals surface area (Å²) in [5.74, 6) is -0.172. The van der Waals surface area contributed by atoms with Crippen molar-refractivity contribution in [2.45, 2.75) is 47.1 Å². The fourth-order valence-corrected chi connectivity index (χ4v) is 2.21. The van der Waals surface area contributed by atoms with Crippen molar-refractivity contribution < 1.29 is 9.53 Å². The number of carbonyl (C=O) groups excluding carboxylic acids is 1. The second-order valence-electron chi connectivity index (χ2n) is 6.60. The normalized spacial score (nSPS) is 11.5. The molecule has 4 heteroatoms. The number of esters is 1. The lowest BCUT2D eigenvalue weighted by Crippen LogP contribution is -2.22. The number of aromatic nitrogens is 2. The molecule has 22 heavy (non-hydrogen) atoms. The molecule has 0 aliphatic carbocycles. The third kappa shape index (κ3) is 4.20. The molecule has 0 aliphatic rings. The monoisotopic (exact) mass is 300 g/mol. The van der Waals surface area contributed by atoms with Gasteiger partial charge in [-0.3, -0.25) is 4.79 Å². The first-order chi connectivity index (χ1) is 10.4. The van der Waals surface area contributed by atoms with Crippen LogP contribution in [0.4, 0.5) is 0 Å². The highest BCUT2D eigenvalue weighted by Crippen LogP contribution is 2.20. The number of aryl methyl sites for hydroxylation is 2. The Morgan fingerprint density at radius 3 is 2.59 bits per heavy atom. The highest BCUT2D eigenvalue weighted by Gasteiger charge is 2.23.